The van der Waals surface area contributed by atoms with Crippen LogP contribution in [0.3, 0.4) is 0 Å². The Labute approximate surface area is 125 Å². The van der Waals surface area contributed by atoms with Gasteiger partial charge in [-0.05, 0) is 40.2 Å². The number of aromatic nitrogens is 2. The Morgan fingerprint density at radius 3 is 2.76 bits per heavy atom. The Kier molecular flexibility index (Phi) is 4.66. The van der Waals surface area contributed by atoms with Crippen LogP contribution in [-0.2, 0) is 16.1 Å². The van der Waals surface area contributed by atoms with Crippen molar-refractivity contribution in [1.82, 2.24) is 15.0 Å². The minimum Gasteiger partial charge on any atom is -0.459 e. The molecule has 0 saturated carbocycles. The molecule has 1 aliphatic rings. The largest absolute Gasteiger partial charge is 0.459 e. The fraction of sp³-hybridized carbons (Fsp3) is 0.800. The molecule has 1 aromatic heterocycles. The Morgan fingerprint density at radius 2 is 2.19 bits per heavy atom. The first-order chi connectivity index (χ1) is 9.76. The number of carbonyl (C=O) groups is 1. The van der Waals surface area contributed by atoms with Crippen molar-refractivity contribution in [1.29, 1.82) is 0 Å². The monoisotopic (exact) mass is 295 g/mol. The molecule has 1 saturated heterocycles. The molecular formula is C15H25N3O3. The zero-order valence-electron chi connectivity index (χ0n) is 13.5. The smallest absolute Gasteiger partial charge is 0.323 e. The third-order valence-electron chi connectivity index (χ3n) is 3.36. The first kappa shape index (κ1) is 15.9. The number of likely N-dealkylation sites (tertiary alicyclic amines) is 1. The van der Waals surface area contributed by atoms with Crippen LogP contribution < -0.4 is 0 Å². The first-order valence-electron chi connectivity index (χ1n) is 7.55. The molecule has 0 N–H and O–H groups in total. The van der Waals surface area contributed by atoms with Crippen molar-refractivity contribution in [2.75, 3.05) is 6.54 Å². The third-order valence-corrected chi connectivity index (χ3v) is 3.36. The molecule has 2 rings (SSSR count). The van der Waals surface area contributed by atoms with Gasteiger partial charge in [0.05, 0.1) is 6.54 Å². The van der Waals surface area contributed by atoms with Crippen LogP contribution in [0.4, 0.5) is 0 Å². The van der Waals surface area contributed by atoms with Crippen molar-refractivity contribution < 1.29 is 14.1 Å². The molecule has 2 heterocycles. The number of esters is 1. The van der Waals surface area contributed by atoms with Crippen LogP contribution in [0.2, 0.25) is 0 Å². The lowest BCUT2D eigenvalue weighted by molar-refractivity contribution is -0.160. The van der Waals surface area contributed by atoms with E-state index in [1.807, 2.05) is 34.6 Å². The van der Waals surface area contributed by atoms with Crippen LogP contribution in [0, 0.1) is 0 Å². The molecule has 0 aliphatic carbocycles. The lowest BCUT2D eigenvalue weighted by atomic mass is 10.1. The van der Waals surface area contributed by atoms with Crippen molar-refractivity contribution >= 4 is 5.97 Å². The molecule has 1 atom stereocenters. The topological polar surface area (TPSA) is 68.5 Å². The molecule has 6 nitrogen and oxygen atoms in total. The van der Waals surface area contributed by atoms with Crippen molar-refractivity contribution in [3.8, 4) is 0 Å². The fourth-order valence-electron chi connectivity index (χ4n) is 2.40. The van der Waals surface area contributed by atoms with Gasteiger partial charge in [0.1, 0.15) is 11.6 Å². The van der Waals surface area contributed by atoms with E-state index in [2.05, 4.69) is 15.0 Å². The van der Waals surface area contributed by atoms with Crippen LogP contribution in [0.15, 0.2) is 4.52 Å². The summed E-state index contributed by atoms with van der Waals surface area (Å²) in [6, 6.07) is -0.203. The molecule has 0 aromatic carbocycles. The third kappa shape index (κ3) is 4.27. The predicted octanol–water partition coefficient (Wildman–Crippen LogP) is 2.50. The molecule has 6 heteroatoms. The average Bonchev–Trinajstić information content (AvgIpc) is 2.96. The van der Waals surface area contributed by atoms with E-state index >= 15 is 0 Å². The molecule has 0 bridgehead atoms. The van der Waals surface area contributed by atoms with Crippen molar-refractivity contribution in [2.24, 2.45) is 0 Å². The molecular weight excluding hydrogens is 270 g/mol. The summed E-state index contributed by atoms with van der Waals surface area (Å²) in [7, 11) is 0. The van der Waals surface area contributed by atoms with Gasteiger partial charge >= 0.3 is 5.97 Å². The summed E-state index contributed by atoms with van der Waals surface area (Å²) >= 11 is 0. The highest BCUT2D eigenvalue weighted by molar-refractivity contribution is 5.76. The van der Waals surface area contributed by atoms with Crippen molar-refractivity contribution in [2.45, 2.75) is 71.6 Å². The van der Waals surface area contributed by atoms with Gasteiger partial charge in [-0.2, -0.15) is 4.98 Å². The molecule has 0 spiro atoms. The normalized spacial score (nSPS) is 20.2. The second-order valence-electron chi connectivity index (χ2n) is 6.87. The zero-order chi connectivity index (χ0) is 15.6. The summed E-state index contributed by atoms with van der Waals surface area (Å²) in [6.07, 6.45) is 1.81. The van der Waals surface area contributed by atoms with E-state index in [0.717, 1.165) is 19.4 Å². The molecule has 1 aliphatic heterocycles. The second kappa shape index (κ2) is 6.13. The van der Waals surface area contributed by atoms with Gasteiger partial charge in [0.25, 0.3) is 0 Å². The Hall–Kier alpha value is -1.43. The highest BCUT2D eigenvalue weighted by Gasteiger charge is 2.34. The van der Waals surface area contributed by atoms with Crippen LogP contribution in [0.25, 0.3) is 0 Å². The maximum absolute atomic E-state index is 12.2. The summed E-state index contributed by atoms with van der Waals surface area (Å²) in [5, 5.41) is 3.99. The molecule has 1 fully saturated rings. The molecule has 21 heavy (non-hydrogen) atoms. The second-order valence-corrected chi connectivity index (χ2v) is 6.87. The predicted molar refractivity (Wildman–Crippen MR) is 77.7 cm³/mol. The highest BCUT2D eigenvalue weighted by atomic mass is 16.6. The van der Waals surface area contributed by atoms with Crippen molar-refractivity contribution in [3.05, 3.63) is 11.7 Å². The maximum atomic E-state index is 12.2. The Balaban J connectivity index is 1.99. The summed E-state index contributed by atoms with van der Waals surface area (Å²) < 4.78 is 10.7. The SMILES string of the molecule is CC(C)c1nc(CN2CCC[C@H]2C(=O)OC(C)(C)C)no1. The number of nitrogens with zero attached hydrogens (tertiary/aromatic N) is 3. The standard InChI is InChI=1S/C15H25N3O3/c1-10(2)13-16-12(17-21-13)9-18-8-6-7-11(18)14(19)20-15(3,4)5/h10-11H,6-9H2,1-5H3/t11-/m0/s1. The van der Waals surface area contributed by atoms with Crippen molar-refractivity contribution in [3.63, 3.8) is 0 Å². The average molecular weight is 295 g/mol. The number of carbonyl (C=O) groups excluding carboxylic acids is 1. The lowest BCUT2D eigenvalue weighted by Crippen LogP contribution is -2.40. The first-order valence-corrected chi connectivity index (χ1v) is 7.55. The van der Waals surface area contributed by atoms with Crippen LogP contribution in [-0.4, -0.2) is 39.2 Å². The molecule has 118 valence electrons. The minimum atomic E-state index is -0.456. The zero-order valence-corrected chi connectivity index (χ0v) is 13.5. The maximum Gasteiger partial charge on any atom is 0.323 e. The molecule has 0 radical (unpaired) electrons. The number of ether oxygens (including phenoxy) is 1. The van der Waals surface area contributed by atoms with E-state index in [0.29, 0.717) is 18.3 Å². The summed E-state index contributed by atoms with van der Waals surface area (Å²) in [4.78, 5) is 18.7. The van der Waals surface area contributed by atoms with Crippen LogP contribution in [0.1, 0.15) is 65.1 Å². The molecule has 0 amide bonds. The Morgan fingerprint density at radius 1 is 1.48 bits per heavy atom. The van der Waals surface area contributed by atoms with Gasteiger partial charge < -0.3 is 9.26 Å². The molecule has 1 aromatic rings. The van der Waals surface area contributed by atoms with E-state index in [1.54, 1.807) is 0 Å². The van der Waals surface area contributed by atoms with Gasteiger partial charge in [0, 0.05) is 5.92 Å². The van der Waals surface area contributed by atoms with Gasteiger partial charge in [-0.15, -0.1) is 0 Å². The number of hydrogen-bond donors (Lipinski definition) is 0. The van der Waals surface area contributed by atoms with E-state index < -0.39 is 5.60 Å². The van der Waals surface area contributed by atoms with Crippen LogP contribution >= 0.6 is 0 Å². The Bertz CT molecular complexity index is 491. The number of rotatable bonds is 4. The lowest BCUT2D eigenvalue weighted by Gasteiger charge is -2.26. The van der Waals surface area contributed by atoms with Gasteiger partial charge in [0.2, 0.25) is 5.89 Å². The van der Waals surface area contributed by atoms with Gasteiger partial charge in [-0.1, -0.05) is 19.0 Å². The fourth-order valence-corrected chi connectivity index (χ4v) is 2.40. The summed E-state index contributed by atoms with van der Waals surface area (Å²) in [6.45, 7) is 11.1. The van der Waals surface area contributed by atoms with E-state index in [-0.39, 0.29) is 17.9 Å². The highest BCUT2D eigenvalue weighted by Crippen LogP contribution is 2.23. The van der Waals surface area contributed by atoms with Gasteiger partial charge in [-0.25, -0.2) is 0 Å². The van der Waals surface area contributed by atoms with E-state index in [4.69, 9.17) is 9.26 Å². The summed E-state index contributed by atoms with van der Waals surface area (Å²) in [5.41, 5.74) is -0.456. The molecule has 0 unspecified atom stereocenters. The van der Waals surface area contributed by atoms with E-state index in [9.17, 15) is 4.79 Å². The quantitative estimate of drug-likeness (QED) is 0.795. The van der Waals surface area contributed by atoms with E-state index in [1.165, 1.54) is 0 Å². The minimum absolute atomic E-state index is 0.160. The van der Waals surface area contributed by atoms with Gasteiger partial charge in [-0.3, -0.25) is 9.69 Å². The summed E-state index contributed by atoms with van der Waals surface area (Å²) in [5.74, 6) is 1.33. The van der Waals surface area contributed by atoms with Gasteiger partial charge in [0.15, 0.2) is 5.82 Å². The van der Waals surface area contributed by atoms with Crippen LogP contribution in [0.5, 0.6) is 0 Å². The number of hydrogen-bond acceptors (Lipinski definition) is 6.